The maximum absolute atomic E-state index is 5.82. The predicted octanol–water partition coefficient (Wildman–Crippen LogP) is 3.82. The quantitative estimate of drug-likeness (QED) is 0.422. The van der Waals surface area contributed by atoms with Gasteiger partial charge >= 0.3 is 0 Å². The van der Waals surface area contributed by atoms with Crippen LogP contribution >= 0.6 is 0 Å². The summed E-state index contributed by atoms with van der Waals surface area (Å²) in [7, 11) is 0. The van der Waals surface area contributed by atoms with Crippen LogP contribution in [0.25, 0.3) is 5.65 Å². The lowest BCUT2D eigenvalue weighted by Gasteiger charge is -2.12. The average Bonchev–Trinajstić information content (AvgIpc) is 3.51. The number of pyridine rings is 2. The van der Waals surface area contributed by atoms with E-state index in [4.69, 9.17) is 10.7 Å². The summed E-state index contributed by atoms with van der Waals surface area (Å²) in [6.45, 7) is 5.22. The predicted molar refractivity (Wildman–Crippen MR) is 122 cm³/mol. The number of nitrogens with two attached hydrogens (primary N) is 1. The Labute approximate surface area is 181 Å². The van der Waals surface area contributed by atoms with Gasteiger partial charge in [0, 0.05) is 30.7 Å². The molecule has 0 radical (unpaired) electrons. The molecule has 1 aliphatic carbocycles. The van der Waals surface area contributed by atoms with E-state index < -0.39 is 0 Å². The first-order valence-corrected chi connectivity index (χ1v) is 10.5. The van der Waals surface area contributed by atoms with Crippen molar-refractivity contribution in [2.24, 2.45) is 0 Å². The fourth-order valence-corrected chi connectivity index (χ4v) is 3.87. The Morgan fingerprint density at radius 2 is 1.77 bits per heavy atom. The molecule has 0 saturated heterocycles. The minimum Gasteiger partial charge on any atom is -0.384 e. The van der Waals surface area contributed by atoms with Crippen molar-refractivity contribution >= 4 is 23.1 Å². The first kappa shape index (κ1) is 19.3. The van der Waals surface area contributed by atoms with E-state index in [2.05, 4.69) is 54.5 Å². The van der Waals surface area contributed by atoms with E-state index in [9.17, 15) is 0 Å². The molecule has 8 heteroatoms. The van der Waals surface area contributed by atoms with E-state index >= 15 is 0 Å². The van der Waals surface area contributed by atoms with Crippen molar-refractivity contribution < 1.29 is 0 Å². The number of rotatable bonds is 7. The topological polar surface area (TPSA) is 106 Å². The Hall–Kier alpha value is -3.68. The zero-order chi connectivity index (χ0) is 21.4. The first-order chi connectivity index (χ1) is 15.0. The number of anilines is 3. The van der Waals surface area contributed by atoms with Gasteiger partial charge in [-0.15, -0.1) is 0 Å². The molecule has 4 aromatic rings. The van der Waals surface area contributed by atoms with Crippen LogP contribution < -0.4 is 16.4 Å². The van der Waals surface area contributed by atoms with E-state index in [0.717, 1.165) is 45.7 Å². The number of nitrogens with one attached hydrogen (secondary N) is 2. The van der Waals surface area contributed by atoms with Gasteiger partial charge in [0.05, 0.1) is 12.2 Å². The van der Waals surface area contributed by atoms with Gasteiger partial charge in [0.1, 0.15) is 29.4 Å². The van der Waals surface area contributed by atoms with E-state index in [0.29, 0.717) is 18.9 Å². The molecular weight excluding hydrogens is 388 g/mol. The Kier molecular flexibility index (Phi) is 4.89. The molecule has 4 N–H and O–H groups in total. The van der Waals surface area contributed by atoms with Gasteiger partial charge in [0.15, 0.2) is 0 Å². The van der Waals surface area contributed by atoms with Gasteiger partial charge in [-0.1, -0.05) is 6.07 Å². The Bertz CT molecular complexity index is 1220. The fraction of sp³-hybridized carbons (Fsp3) is 0.304. The number of hydrogen-bond acceptors (Lipinski definition) is 7. The SMILES string of the molecule is Cc1cc(N)nc(C)c1CNc1cc(NCc2cn3cc(C4CC4)ccc3n2)ncn1. The van der Waals surface area contributed by atoms with Crippen molar-refractivity contribution in [1.82, 2.24) is 24.3 Å². The summed E-state index contributed by atoms with van der Waals surface area (Å²) in [5, 5.41) is 6.70. The molecule has 0 aliphatic heterocycles. The van der Waals surface area contributed by atoms with Crippen LogP contribution in [0.1, 0.15) is 46.8 Å². The molecule has 0 amide bonds. The third-order valence-electron chi connectivity index (χ3n) is 5.71. The number of imidazole rings is 1. The molecule has 0 bridgehead atoms. The zero-order valence-electron chi connectivity index (χ0n) is 17.8. The van der Waals surface area contributed by atoms with E-state index in [1.807, 2.05) is 26.0 Å². The van der Waals surface area contributed by atoms with Crippen molar-refractivity contribution in [2.45, 2.75) is 45.7 Å². The minimum absolute atomic E-state index is 0.544. The van der Waals surface area contributed by atoms with Crippen molar-refractivity contribution in [3.63, 3.8) is 0 Å². The van der Waals surface area contributed by atoms with Crippen LogP contribution in [-0.4, -0.2) is 24.3 Å². The average molecular weight is 415 g/mol. The summed E-state index contributed by atoms with van der Waals surface area (Å²) in [4.78, 5) is 17.7. The third kappa shape index (κ3) is 4.28. The summed E-state index contributed by atoms with van der Waals surface area (Å²) in [6.07, 6.45) is 8.43. The molecule has 5 rings (SSSR count). The monoisotopic (exact) mass is 414 g/mol. The Morgan fingerprint density at radius 3 is 2.52 bits per heavy atom. The molecule has 1 saturated carbocycles. The van der Waals surface area contributed by atoms with Gasteiger partial charge in [0.25, 0.3) is 0 Å². The number of hydrogen-bond donors (Lipinski definition) is 3. The van der Waals surface area contributed by atoms with Gasteiger partial charge in [-0.05, 0) is 61.4 Å². The van der Waals surface area contributed by atoms with Crippen LogP contribution in [0.3, 0.4) is 0 Å². The highest BCUT2D eigenvalue weighted by Gasteiger charge is 2.23. The molecular formula is C23H26N8. The number of nitrogen functional groups attached to an aromatic ring is 1. The Balaban J connectivity index is 1.24. The largest absolute Gasteiger partial charge is 0.384 e. The van der Waals surface area contributed by atoms with Crippen LogP contribution in [0.2, 0.25) is 0 Å². The third-order valence-corrected chi connectivity index (χ3v) is 5.71. The van der Waals surface area contributed by atoms with Crippen molar-refractivity contribution in [3.05, 3.63) is 71.1 Å². The second-order valence-corrected chi connectivity index (χ2v) is 8.16. The highest BCUT2D eigenvalue weighted by Crippen LogP contribution is 2.39. The lowest BCUT2D eigenvalue weighted by atomic mass is 10.1. The summed E-state index contributed by atoms with van der Waals surface area (Å²) in [6, 6.07) is 8.08. The molecule has 1 fully saturated rings. The molecule has 0 spiro atoms. The molecule has 0 aromatic carbocycles. The summed E-state index contributed by atoms with van der Waals surface area (Å²) < 4.78 is 2.11. The lowest BCUT2D eigenvalue weighted by molar-refractivity contribution is 1.01. The number of aryl methyl sites for hydroxylation is 2. The van der Waals surface area contributed by atoms with Crippen LogP contribution in [0.4, 0.5) is 17.5 Å². The normalized spacial score (nSPS) is 13.5. The van der Waals surface area contributed by atoms with Gasteiger partial charge < -0.3 is 20.8 Å². The number of aromatic nitrogens is 5. The van der Waals surface area contributed by atoms with Crippen LogP contribution in [0.5, 0.6) is 0 Å². The summed E-state index contributed by atoms with van der Waals surface area (Å²) >= 11 is 0. The maximum atomic E-state index is 5.82. The minimum atomic E-state index is 0.544. The Morgan fingerprint density at radius 1 is 1.00 bits per heavy atom. The molecule has 1 aliphatic rings. The molecule has 4 aromatic heterocycles. The van der Waals surface area contributed by atoms with E-state index in [-0.39, 0.29) is 0 Å². The number of nitrogens with zero attached hydrogens (tertiary/aromatic N) is 5. The van der Waals surface area contributed by atoms with Crippen LogP contribution in [0, 0.1) is 13.8 Å². The second-order valence-electron chi connectivity index (χ2n) is 8.16. The summed E-state index contributed by atoms with van der Waals surface area (Å²) in [5.74, 6) is 2.77. The highest BCUT2D eigenvalue weighted by atomic mass is 15.1. The number of fused-ring (bicyclic) bond motifs is 1. The van der Waals surface area contributed by atoms with Crippen LogP contribution in [0.15, 0.2) is 43.0 Å². The van der Waals surface area contributed by atoms with Crippen LogP contribution in [-0.2, 0) is 13.1 Å². The molecule has 8 nitrogen and oxygen atoms in total. The van der Waals surface area contributed by atoms with Gasteiger partial charge in [-0.2, -0.15) is 0 Å². The zero-order valence-corrected chi connectivity index (χ0v) is 17.8. The van der Waals surface area contributed by atoms with Gasteiger partial charge in [-0.3, -0.25) is 0 Å². The smallest absolute Gasteiger partial charge is 0.137 e. The lowest BCUT2D eigenvalue weighted by Crippen LogP contribution is -2.08. The maximum Gasteiger partial charge on any atom is 0.137 e. The van der Waals surface area contributed by atoms with Crippen molar-refractivity contribution in [1.29, 1.82) is 0 Å². The highest BCUT2D eigenvalue weighted by molar-refractivity contribution is 5.49. The standard InChI is InChI=1S/C23H26N8/c1-14-7-20(24)29-15(2)19(14)10-26-22-8-21(27-13-28-22)25-9-18-12-31-11-17(16-3-4-16)5-6-23(31)30-18/h5-8,11-13,16H,3-4,9-10H2,1-2H3,(H2,24,29)(H2,25,26,27,28). The fourth-order valence-electron chi connectivity index (χ4n) is 3.87. The molecule has 0 unspecified atom stereocenters. The van der Waals surface area contributed by atoms with E-state index in [1.165, 1.54) is 18.4 Å². The molecule has 0 atom stereocenters. The van der Waals surface area contributed by atoms with Crippen molar-refractivity contribution in [2.75, 3.05) is 16.4 Å². The van der Waals surface area contributed by atoms with Gasteiger partial charge in [-0.25, -0.2) is 19.9 Å². The molecule has 158 valence electrons. The second kappa shape index (κ2) is 7.86. The molecule has 31 heavy (non-hydrogen) atoms. The molecule has 4 heterocycles. The first-order valence-electron chi connectivity index (χ1n) is 10.5. The summed E-state index contributed by atoms with van der Waals surface area (Å²) in [5.41, 5.74) is 12.3. The van der Waals surface area contributed by atoms with E-state index in [1.54, 1.807) is 6.33 Å². The van der Waals surface area contributed by atoms with Crippen molar-refractivity contribution in [3.8, 4) is 0 Å². The van der Waals surface area contributed by atoms with Gasteiger partial charge in [0.2, 0.25) is 0 Å².